The lowest BCUT2D eigenvalue weighted by atomic mass is 9.75. The van der Waals surface area contributed by atoms with Gasteiger partial charge < -0.3 is 40.1 Å². The van der Waals surface area contributed by atoms with Crippen molar-refractivity contribution in [1.82, 2.24) is 0 Å². The fourth-order valence-electron chi connectivity index (χ4n) is 5.46. The fourth-order valence-corrected chi connectivity index (χ4v) is 5.46. The van der Waals surface area contributed by atoms with Crippen LogP contribution in [0, 0.1) is 5.41 Å². The number of carbonyl (C=O) groups excluding carboxylic acids is 2. The number of cyclic esters (lactones) is 2. The van der Waals surface area contributed by atoms with E-state index in [-0.39, 0.29) is 46.9 Å². The maximum Gasteiger partial charge on any atom is 0.331 e. The summed E-state index contributed by atoms with van der Waals surface area (Å²) in [5, 5.41) is 62.1. The van der Waals surface area contributed by atoms with Crippen molar-refractivity contribution in [3.8, 4) is 5.75 Å². The van der Waals surface area contributed by atoms with Gasteiger partial charge in [0.05, 0.1) is 24.0 Å². The molecule has 11 heteroatoms. The van der Waals surface area contributed by atoms with Crippen LogP contribution in [0.25, 0.3) is 16.8 Å². The Hall–Kier alpha value is -3.19. The van der Waals surface area contributed by atoms with Gasteiger partial charge in [0.1, 0.15) is 11.9 Å². The summed E-state index contributed by atoms with van der Waals surface area (Å²) < 4.78 is 9.69. The summed E-state index contributed by atoms with van der Waals surface area (Å²) in [6, 6.07) is 5.61. The number of esters is 2. The molecular formula is C26H26O11. The Morgan fingerprint density at radius 2 is 1.84 bits per heavy atom. The number of benzene rings is 1. The summed E-state index contributed by atoms with van der Waals surface area (Å²) in [6.07, 6.45) is -3.18. The summed E-state index contributed by atoms with van der Waals surface area (Å²) >= 11 is 0. The van der Waals surface area contributed by atoms with Crippen molar-refractivity contribution < 1.29 is 49.7 Å². The van der Waals surface area contributed by atoms with Crippen LogP contribution in [0.2, 0.25) is 0 Å². The van der Waals surface area contributed by atoms with Gasteiger partial charge in [-0.15, -0.1) is 0 Å². The zero-order chi connectivity index (χ0) is 26.9. The molecule has 1 aliphatic heterocycles. The van der Waals surface area contributed by atoms with Gasteiger partial charge in [0.25, 0.3) is 0 Å². The third kappa shape index (κ3) is 3.86. The van der Waals surface area contributed by atoms with Gasteiger partial charge in [0, 0.05) is 18.4 Å². The monoisotopic (exact) mass is 514 g/mol. The van der Waals surface area contributed by atoms with Crippen LogP contribution in [0.3, 0.4) is 0 Å². The molecule has 5 rings (SSSR count). The molecule has 4 bridgehead atoms. The van der Waals surface area contributed by atoms with E-state index in [0.717, 1.165) is 0 Å². The molecule has 0 spiro atoms. The molecule has 4 unspecified atom stereocenters. The molecule has 1 saturated carbocycles. The normalized spacial score (nSPS) is 24.6. The van der Waals surface area contributed by atoms with Gasteiger partial charge in [-0.1, -0.05) is 12.1 Å². The topological polar surface area (TPSA) is 191 Å². The molecule has 6 N–H and O–H groups in total. The summed E-state index contributed by atoms with van der Waals surface area (Å²) in [7, 11) is 0. The Balaban J connectivity index is 1.66. The number of rotatable bonds is 7. The largest absolute Gasteiger partial charge is 0.507 e. The molecule has 196 valence electrons. The Morgan fingerprint density at radius 3 is 2.49 bits per heavy atom. The second-order valence-electron chi connectivity index (χ2n) is 9.94. The van der Waals surface area contributed by atoms with Gasteiger partial charge >= 0.3 is 11.9 Å². The first-order valence-corrected chi connectivity index (χ1v) is 11.8. The predicted molar refractivity (Wildman–Crippen MR) is 126 cm³/mol. The average Bonchev–Trinajstić information content (AvgIpc) is 2.97. The molecule has 2 aromatic rings. The van der Waals surface area contributed by atoms with Crippen molar-refractivity contribution in [3.05, 3.63) is 56.8 Å². The number of phenolic OH excluding ortho intramolecular Hbond substituents is 1. The van der Waals surface area contributed by atoms with E-state index in [1.165, 1.54) is 31.2 Å². The zero-order valence-corrected chi connectivity index (χ0v) is 19.7. The lowest BCUT2D eigenvalue weighted by Crippen LogP contribution is -2.55. The number of fused-ring (bicyclic) bond motifs is 4. The number of carbonyl (C=O) groups is 2. The minimum Gasteiger partial charge on any atom is -0.507 e. The summed E-state index contributed by atoms with van der Waals surface area (Å²) in [4.78, 5) is 38.8. The highest BCUT2D eigenvalue weighted by molar-refractivity contribution is 6.14. The molecule has 2 aromatic carbocycles. The molecule has 4 atom stereocenters. The van der Waals surface area contributed by atoms with Gasteiger partial charge in [0.2, 0.25) is 0 Å². The van der Waals surface area contributed by atoms with Gasteiger partial charge in [0.15, 0.2) is 22.9 Å². The molecule has 1 heterocycles. The molecule has 0 aromatic heterocycles. The highest BCUT2D eigenvalue weighted by atomic mass is 16.6. The minimum atomic E-state index is -2.40. The van der Waals surface area contributed by atoms with Crippen molar-refractivity contribution in [1.29, 1.82) is 0 Å². The van der Waals surface area contributed by atoms with Crippen LogP contribution in [-0.4, -0.2) is 73.5 Å². The van der Waals surface area contributed by atoms with Crippen LogP contribution in [0.15, 0.2) is 34.6 Å². The zero-order valence-electron chi connectivity index (χ0n) is 19.7. The van der Waals surface area contributed by atoms with Crippen molar-refractivity contribution in [2.24, 2.45) is 5.41 Å². The summed E-state index contributed by atoms with van der Waals surface area (Å²) in [5.74, 6) is -5.74. The van der Waals surface area contributed by atoms with Crippen LogP contribution in [0.4, 0.5) is 0 Å². The quantitative estimate of drug-likeness (QED) is 0.159. The fraction of sp³-hybridized carbons (Fsp3) is 0.423. The first kappa shape index (κ1) is 25.5. The highest BCUT2D eigenvalue weighted by Crippen LogP contribution is 2.49. The smallest absolute Gasteiger partial charge is 0.331 e. The van der Waals surface area contributed by atoms with Crippen molar-refractivity contribution in [2.75, 3.05) is 6.61 Å². The van der Waals surface area contributed by atoms with E-state index in [0.29, 0.717) is 5.56 Å². The van der Waals surface area contributed by atoms with E-state index >= 15 is 0 Å². The van der Waals surface area contributed by atoms with E-state index in [1.54, 1.807) is 6.07 Å². The Labute approximate surface area is 209 Å². The highest BCUT2D eigenvalue weighted by Gasteiger charge is 2.58. The van der Waals surface area contributed by atoms with E-state index in [4.69, 9.17) is 4.74 Å². The maximum absolute atomic E-state index is 13.7. The predicted octanol–water partition coefficient (Wildman–Crippen LogP) is -0.450. The third-order valence-electron chi connectivity index (χ3n) is 7.51. The molecule has 3 aliphatic rings. The number of aromatic hydroxyl groups is 1. The van der Waals surface area contributed by atoms with Crippen LogP contribution in [0.5, 0.6) is 5.75 Å². The third-order valence-corrected chi connectivity index (χ3v) is 7.51. The van der Waals surface area contributed by atoms with Crippen LogP contribution in [-0.2, 0) is 25.5 Å². The Kier molecular flexibility index (Phi) is 5.98. The van der Waals surface area contributed by atoms with Crippen molar-refractivity contribution in [3.63, 3.8) is 0 Å². The summed E-state index contributed by atoms with van der Waals surface area (Å²) in [6.45, 7) is 0.995. The molecule has 0 radical (unpaired) electrons. The lowest BCUT2D eigenvalue weighted by molar-refractivity contribution is -0.203. The molecule has 1 saturated heterocycles. The number of phenols is 1. The molecule has 0 amide bonds. The van der Waals surface area contributed by atoms with Gasteiger partial charge in [-0.05, 0) is 53.6 Å². The second kappa shape index (κ2) is 8.69. The van der Waals surface area contributed by atoms with Crippen LogP contribution >= 0.6 is 0 Å². The number of aliphatic hydroxyl groups excluding tert-OH is 3. The van der Waals surface area contributed by atoms with Crippen molar-refractivity contribution >= 4 is 28.8 Å². The van der Waals surface area contributed by atoms with Gasteiger partial charge in [-0.2, -0.15) is 0 Å². The second-order valence-corrected chi connectivity index (χ2v) is 9.94. The Morgan fingerprint density at radius 1 is 1.14 bits per heavy atom. The summed E-state index contributed by atoms with van der Waals surface area (Å²) in [5.41, 5.74) is -1.79. The number of ether oxygens (including phenoxy) is 2. The molecule has 2 fully saturated rings. The maximum atomic E-state index is 13.7. The number of aliphatic hydroxyl groups is 5. The van der Waals surface area contributed by atoms with Crippen LogP contribution in [0.1, 0.15) is 42.4 Å². The number of hydrogen-bond donors (Lipinski definition) is 6. The molecule has 11 nitrogen and oxygen atoms in total. The van der Waals surface area contributed by atoms with Gasteiger partial charge in [-0.25, -0.2) is 0 Å². The average molecular weight is 514 g/mol. The SMILES string of the molecule is CC(O)C(O)OCCC1(Cc2cc3cc4c(ccc(O)c4c2=O)C2C(O)CC(=C3)C2(O)O)C(=O)OC1=O. The minimum absolute atomic E-state index is 0.0184. The van der Waals surface area contributed by atoms with E-state index in [2.05, 4.69) is 4.74 Å². The lowest BCUT2D eigenvalue weighted by Gasteiger charge is -2.36. The standard InChI is InChI=1S/C26H26O11/c1-11(27)22(31)36-5-4-25(23(32)37-24(25)33)10-13-6-12-7-14-9-18(29)20(26(14,34)35)15-2-3-17(28)19(21(13)30)16(15)8-12/h2-3,6-8,11,18,20,22,27-29,31,34-35H,4-5,9-10H2,1H3. The van der Waals surface area contributed by atoms with E-state index in [1.807, 2.05) is 0 Å². The Bertz CT molecular complexity index is 1390. The molecule has 37 heavy (non-hydrogen) atoms. The first-order chi connectivity index (χ1) is 17.4. The first-order valence-electron chi connectivity index (χ1n) is 11.8. The van der Waals surface area contributed by atoms with E-state index in [9.17, 15) is 45.0 Å². The van der Waals surface area contributed by atoms with E-state index < -0.39 is 65.2 Å². The van der Waals surface area contributed by atoms with Crippen LogP contribution < -0.4 is 5.43 Å². The molecular weight excluding hydrogens is 488 g/mol. The van der Waals surface area contributed by atoms with Crippen molar-refractivity contribution in [2.45, 2.75) is 56.4 Å². The van der Waals surface area contributed by atoms with Gasteiger partial charge in [-0.3, -0.25) is 14.4 Å². The number of hydrogen-bond acceptors (Lipinski definition) is 11. The molecule has 2 aliphatic carbocycles.